The van der Waals surface area contributed by atoms with Crippen LogP contribution in [0.4, 0.5) is 11.1 Å². The van der Waals surface area contributed by atoms with Crippen LogP contribution < -0.4 is 5.32 Å². The smallest absolute Gasteiger partial charge is 0.229 e. The number of hydrogen-bond donors (Lipinski definition) is 2. The molecule has 4 rings (SSSR count). The van der Waals surface area contributed by atoms with E-state index in [1.54, 1.807) is 23.7 Å². The molecule has 0 spiro atoms. The van der Waals surface area contributed by atoms with Gasteiger partial charge < -0.3 is 5.32 Å². The van der Waals surface area contributed by atoms with Gasteiger partial charge in [0.2, 0.25) is 5.95 Å². The van der Waals surface area contributed by atoms with E-state index in [1.807, 2.05) is 25.1 Å². The second-order valence-corrected chi connectivity index (χ2v) is 5.44. The fourth-order valence-corrected chi connectivity index (χ4v) is 2.94. The summed E-state index contributed by atoms with van der Waals surface area (Å²) in [6.07, 6.45) is 3.52. The summed E-state index contributed by atoms with van der Waals surface area (Å²) in [5.41, 5.74) is 2.85. The highest BCUT2D eigenvalue weighted by Gasteiger charge is 2.09. The van der Waals surface area contributed by atoms with Gasteiger partial charge in [0.15, 0.2) is 5.13 Å². The summed E-state index contributed by atoms with van der Waals surface area (Å²) >= 11 is 1.57. The first-order valence-electron chi connectivity index (χ1n) is 6.09. The van der Waals surface area contributed by atoms with Gasteiger partial charge in [0.25, 0.3) is 0 Å². The number of nitrogens with one attached hydrogen (secondary N) is 2. The van der Waals surface area contributed by atoms with Crippen molar-refractivity contribution >= 4 is 43.5 Å². The number of thiazole rings is 1. The summed E-state index contributed by atoms with van der Waals surface area (Å²) < 4.78 is 1.11. The molecule has 3 aromatic heterocycles. The number of benzene rings is 1. The van der Waals surface area contributed by atoms with Crippen molar-refractivity contribution in [2.24, 2.45) is 0 Å². The standard InChI is InChI=1S/C13H10N6S/c1-7-4-5-14-12(16-7)18-13-17-11-8-6-15-19-9(8)2-3-10(11)20-13/h2-6H,1H3,(H,15,19)(H,14,16,17,18). The Morgan fingerprint density at radius 1 is 1.20 bits per heavy atom. The molecule has 6 nitrogen and oxygen atoms in total. The van der Waals surface area contributed by atoms with E-state index < -0.39 is 0 Å². The quantitative estimate of drug-likeness (QED) is 0.591. The lowest BCUT2D eigenvalue weighted by Crippen LogP contribution is -1.96. The summed E-state index contributed by atoms with van der Waals surface area (Å²) in [5, 5.41) is 11.9. The van der Waals surface area contributed by atoms with Crippen LogP contribution in [0.1, 0.15) is 5.69 Å². The molecule has 3 heterocycles. The molecule has 0 fully saturated rings. The fourth-order valence-electron chi connectivity index (χ4n) is 2.07. The summed E-state index contributed by atoms with van der Waals surface area (Å²) in [4.78, 5) is 13.1. The highest BCUT2D eigenvalue weighted by molar-refractivity contribution is 7.22. The Morgan fingerprint density at radius 2 is 2.15 bits per heavy atom. The first-order chi connectivity index (χ1) is 9.79. The van der Waals surface area contributed by atoms with Crippen molar-refractivity contribution < 1.29 is 0 Å². The van der Waals surface area contributed by atoms with E-state index in [2.05, 4.69) is 30.5 Å². The lowest BCUT2D eigenvalue weighted by molar-refractivity contribution is 1.10. The summed E-state index contributed by atoms with van der Waals surface area (Å²) in [6, 6.07) is 5.91. The van der Waals surface area contributed by atoms with Gasteiger partial charge in [0.05, 0.1) is 21.9 Å². The van der Waals surface area contributed by atoms with E-state index in [-0.39, 0.29) is 0 Å². The molecule has 0 aliphatic rings. The SMILES string of the molecule is Cc1ccnc(Nc2nc3c(ccc4[nH]ncc43)s2)n1. The van der Waals surface area contributed by atoms with E-state index in [4.69, 9.17) is 0 Å². The van der Waals surface area contributed by atoms with Gasteiger partial charge in [-0.1, -0.05) is 11.3 Å². The van der Waals surface area contributed by atoms with Crippen LogP contribution in [0.3, 0.4) is 0 Å². The highest BCUT2D eigenvalue weighted by atomic mass is 32.1. The van der Waals surface area contributed by atoms with Crippen LogP contribution in [-0.4, -0.2) is 25.1 Å². The second-order valence-electron chi connectivity index (χ2n) is 4.41. The van der Waals surface area contributed by atoms with E-state index in [0.29, 0.717) is 5.95 Å². The maximum Gasteiger partial charge on any atom is 0.229 e. The van der Waals surface area contributed by atoms with Gasteiger partial charge in [-0.3, -0.25) is 5.10 Å². The number of aromatic amines is 1. The Kier molecular flexibility index (Phi) is 2.40. The van der Waals surface area contributed by atoms with Gasteiger partial charge in [0.1, 0.15) is 0 Å². The normalized spacial score (nSPS) is 11.2. The van der Waals surface area contributed by atoms with Crippen LogP contribution >= 0.6 is 11.3 Å². The molecule has 0 unspecified atom stereocenters. The number of H-pyrrole nitrogens is 1. The number of rotatable bonds is 2. The number of aromatic nitrogens is 5. The van der Waals surface area contributed by atoms with Crippen molar-refractivity contribution in [1.29, 1.82) is 0 Å². The minimum atomic E-state index is 0.562. The first-order valence-corrected chi connectivity index (χ1v) is 6.90. The largest absolute Gasteiger partial charge is 0.300 e. The summed E-state index contributed by atoms with van der Waals surface area (Å²) in [6.45, 7) is 1.93. The van der Waals surface area contributed by atoms with Gasteiger partial charge in [-0.15, -0.1) is 0 Å². The molecule has 7 heteroatoms. The minimum absolute atomic E-state index is 0.562. The average molecular weight is 282 g/mol. The maximum absolute atomic E-state index is 4.61. The Labute approximate surface area is 117 Å². The maximum atomic E-state index is 4.61. The third kappa shape index (κ3) is 1.79. The predicted molar refractivity (Wildman–Crippen MR) is 79.3 cm³/mol. The van der Waals surface area contributed by atoms with Gasteiger partial charge in [-0.05, 0) is 25.1 Å². The molecule has 0 saturated carbocycles. The Bertz CT molecular complexity index is 909. The van der Waals surface area contributed by atoms with Crippen LogP contribution in [0.2, 0.25) is 0 Å². The van der Waals surface area contributed by atoms with E-state index in [0.717, 1.165) is 31.9 Å². The Balaban J connectivity index is 1.80. The molecule has 2 N–H and O–H groups in total. The van der Waals surface area contributed by atoms with Gasteiger partial charge in [-0.25, -0.2) is 15.0 Å². The zero-order valence-electron chi connectivity index (χ0n) is 10.6. The van der Waals surface area contributed by atoms with Crippen LogP contribution in [0.5, 0.6) is 0 Å². The molecular weight excluding hydrogens is 272 g/mol. The third-order valence-electron chi connectivity index (χ3n) is 2.99. The molecule has 98 valence electrons. The molecular formula is C13H10N6S. The topological polar surface area (TPSA) is 79.4 Å². The molecule has 0 aliphatic heterocycles. The highest BCUT2D eigenvalue weighted by Crippen LogP contribution is 2.31. The van der Waals surface area contributed by atoms with Crippen LogP contribution in [0.25, 0.3) is 21.1 Å². The molecule has 0 bridgehead atoms. The van der Waals surface area contributed by atoms with E-state index in [9.17, 15) is 0 Å². The molecule has 4 aromatic rings. The minimum Gasteiger partial charge on any atom is -0.300 e. The molecule has 0 radical (unpaired) electrons. The molecule has 20 heavy (non-hydrogen) atoms. The lowest BCUT2D eigenvalue weighted by atomic mass is 10.2. The average Bonchev–Trinajstić information content (AvgIpc) is 3.02. The lowest BCUT2D eigenvalue weighted by Gasteiger charge is -1.99. The second kappa shape index (κ2) is 4.24. The monoisotopic (exact) mass is 282 g/mol. The van der Waals surface area contributed by atoms with Crippen LogP contribution in [-0.2, 0) is 0 Å². The van der Waals surface area contributed by atoms with Crippen molar-refractivity contribution in [2.75, 3.05) is 5.32 Å². The molecule has 1 aromatic carbocycles. The van der Waals surface area contributed by atoms with Crippen molar-refractivity contribution in [3.05, 3.63) is 36.3 Å². The zero-order valence-corrected chi connectivity index (χ0v) is 11.4. The Morgan fingerprint density at radius 3 is 3.05 bits per heavy atom. The Hall–Kier alpha value is -2.54. The van der Waals surface area contributed by atoms with Crippen molar-refractivity contribution in [1.82, 2.24) is 25.1 Å². The van der Waals surface area contributed by atoms with Gasteiger partial charge in [-0.2, -0.15) is 5.10 Å². The molecule has 0 saturated heterocycles. The number of fused-ring (bicyclic) bond motifs is 3. The van der Waals surface area contributed by atoms with E-state index >= 15 is 0 Å². The number of anilines is 2. The van der Waals surface area contributed by atoms with Crippen molar-refractivity contribution in [3.8, 4) is 0 Å². The zero-order chi connectivity index (χ0) is 13.5. The number of nitrogens with zero attached hydrogens (tertiary/aromatic N) is 4. The molecule has 0 atom stereocenters. The van der Waals surface area contributed by atoms with E-state index in [1.165, 1.54) is 0 Å². The third-order valence-corrected chi connectivity index (χ3v) is 3.93. The predicted octanol–water partition coefficient (Wildman–Crippen LogP) is 3.01. The first kappa shape index (κ1) is 11.3. The number of aryl methyl sites for hydroxylation is 1. The summed E-state index contributed by atoms with van der Waals surface area (Å²) in [7, 11) is 0. The van der Waals surface area contributed by atoms with Crippen molar-refractivity contribution in [3.63, 3.8) is 0 Å². The van der Waals surface area contributed by atoms with Crippen LogP contribution in [0.15, 0.2) is 30.6 Å². The molecule has 0 aliphatic carbocycles. The van der Waals surface area contributed by atoms with Gasteiger partial charge in [0, 0.05) is 17.3 Å². The van der Waals surface area contributed by atoms with Crippen LogP contribution in [0, 0.1) is 6.92 Å². The molecule has 0 amide bonds. The number of hydrogen-bond acceptors (Lipinski definition) is 6. The summed E-state index contributed by atoms with van der Waals surface area (Å²) in [5.74, 6) is 0.562. The fraction of sp³-hybridized carbons (Fsp3) is 0.0769. The van der Waals surface area contributed by atoms with Crippen molar-refractivity contribution in [2.45, 2.75) is 6.92 Å². The van der Waals surface area contributed by atoms with Gasteiger partial charge >= 0.3 is 0 Å².